The molecule has 2 rings (SSSR count). The van der Waals surface area contributed by atoms with Crippen molar-refractivity contribution in [1.29, 1.82) is 0 Å². The summed E-state index contributed by atoms with van der Waals surface area (Å²) in [7, 11) is 1.36. The van der Waals surface area contributed by atoms with Crippen molar-refractivity contribution in [3.05, 3.63) is 18.4 Å². The molecule has 0 N–H and O–H groups in total. The molecule has 0 aliphatic rings. The number of furan rings is 1. The van der Waals surface area contributed by atoms with Gasteiger partial charge in [-0.15, -0.1) is 10.2 Å². The van der Waals surface area contributed by atoms with Crippen LogP contribution in [-0.4, -0.2) is 33.3 Å². The van der Waals surface area contributed by atoms with Crippen molar-refractivity contribution in [1.82, 2.24) is 20.2 Å². The molecule has 2 aromatic heterocycles. The van der Waals surface area contributed by atoms with Crippen LogP contribution in [0.1, 0.15) is 19.9 Å². The zero-order valence-electron chi connectivity index (χ0n) is 10.4. The fourth-order valence-electron chi connectivity index (χ4n) is 1.48. The molecule has 0 aliphatic carbocycles. The van der Waals surface area contributed by atoms with Crippen LogP contribution in [0.2, 0.25) is 0 Å². The van der Waals surface area contributed by atoms with Gasteiger partial charge in [-0.1, -0.05) is 0 Å². The minimum absolute atomic E-state index is 0.242. The van der Waals surface area contributed by atoms with E-state index in [4.69, 9.17) is 4.42 Å². The molecule has 0 saturated heterocycles. The van der Waals surface area contributed by atoms with Crippen LogP contribution < -0.4 is 0 Å². The van der Waals surface area contributed by atoms with Crippen molar-refractivity contribution >= 4 is 5.97 Å². The summed E-state index contributed by atoms with van der Waals surface area (Å²) < 4.78 is 9.86. The van der Waals surface area contributed by atoms with Crippen molar-refractivity contribution in [2.45, 2.75) is 19.9 Å². The number of esters is 1. The molecule has 0 radical (unpaired) electrons. The van der Waals surface area contributed by atoms with Gasteiger partial charge in [0.1, 0.15) is 0 Å². The summed E-state index contributed by atoms with van der Waals surface area (Å²) in [4.78, 5) is 12.8. The van der Waals surface area contributed by atoms with Gasteiger partial charge >= 0.3 is 5.97 Å². The highest BCUT2D eigenvalue weighted by Gasteiger charge is 2.24. The highest BCUT2D eigenvalue weighted by Crippen LogP contribution is 2.19. The number of ether oxygens (including phenoxy) is 1. The maximum Gasteiger partial charge on any atom is 0.310 e. The van der Waals surface area contributed by atoms with Crippen LogP contribution in [0.15, 0.2) is 22.8 Å². The maximum atomic E-state index is 11.4. The normalized spacial score (nSPS) is 14.2. The van der Waals surface area contributed by atoms with Crippen LogP contribution >= 0.6 is 0 Å². The predicted molar refractivity (Wildman–Crippen MR) is 61.4 cm³/mol. The number of aromatic nitrogens is 4. The van der Waals surface area contributed by atoms with Gasteiger partial charge in [0, 0.05) is 0 Å². The molecule has 7 nitrogen and oxygen atoms in total. The van der Waals surface area contributed by atoms with Crippen molar-refractivity contribution in [2.24, 2.45) is 5.92 Å². The molecule has 7 heteroatoms. The molecule has 0 bridgehead atoms. The molecular formula is C11H14N4O3. The average Bonchev–Trinajstić information content (AvgIpc) is 3.05. The highest BCUT2D eigenvalue weighted by atomic mass is 16.5. The molecule has 18 heavy (non-hydrogen) atoms. The summed E-state index contributed by atoms with van der Waals surface area (Å²) in [6, 6.07) is 3.25. The van der Waals surface area contributed by atoms with Gasteiger partial charge in [-0.25, -0.2) is 0 Å². The van der Waals surface area contributed by atoms with Gasteiger partial charge in [0.25, 0.3) is 0 Å². The third-order valence-corrected chi connectivity index (χ3v) is 2.83. The minimum Gasteiger partial charge on any atom is -0.469 e. The Morgan fingerprint density at radius 1 is 1.50 bits per heavy atom. The Labute approximate surface area is 104 Å². The summed E-state index contributed by atoms with van der Waals surface area (Å²) in [5.74, 6) is 0.274. The fourth-order valence-corrected chi connectivity index (χ4v) is 1.48. The maximum absolute atomic E-state index is 11.4. The van der Waals surface area contributed by atoms with Gasteiger partial charge in [0.15, 0.2) is 5.76 Å². The van der Waals surface area contributed by atoms with Gasteiger partial charge in [0.05, 0.1) is 25.3 Å². The number of methoxy groups -OCH3 is 1. The highest BCUT2D eigenvalue weighted by molar-refractivity contribution is 5.72. The number of nitrogens with zero attached hydrogens (tertiary/aromatic N) is 4. The van der Waals surface area contributed by atoms with E-state index >= 15 is 0 Å². The van der Waals surface area contributed by atoms with Crippen LogP contribution in [0, 0.1) is 5.92 Å². The van der Waals surface area contributed by atoms with Gasteiger partial charge < -0.3 is 9.15 Å². The fraction of sp³-hybridized carbons (Fsp3) is 0.455. The Bertz CT molecular complexity index is 520. The van der Waals surface area contributed by atoms with Gasteiger partial charge in [-0.05, 0) is 31.2 Å². The second kappa shape index (κ2) is 4.99. The second-order valence-corrected chi connectivity index (χ2v) is 3.96. The first-order valence-corrected chi connectivity index (χ1v) is 5.54. The van der Waals surface area contributed by atoms with Crippen molar-refractivity contribution in [2.75, 3.05) is 7.11 Å². The van der Waals surface area contributed by atoms with Crippen LogP contribution in [0.4, 0.5) is 0 Å². The minimum atomic E-state index is -0.353. The van der Waals surface area contributed by atoms with Gasteiger partial charge in [-0.2, -0.15) is 4.80 Å². The van der Waals surface area contributed by atoms with Crippen molar-refractivity contribution in [3.63, 3.8) is 0 Å². The molecule has 2 unspecified atom stereocenters. The van der Waals surface area contributed by atoms with E-state index in [9.17, 15) is 4.79 Å². The van der Waals surface area contributed by atoms with Crippen LogP contribution in [0.25, 0.3) is 11.6 Å². The first-order chi connectivity index (χ1) is 8.63. The molecule has 0 saturated carbocycles. The summed E-state index contributed by atoms with van der Waals surface area (Å²) in [5.41, 5.74) is 0. The molecule has 0 spiro atoms. The molecule has 0 aromatic carbocycles. The standard InChI is InChI=1S/C11H14N4O3/c1-7(11(16)17-3)8(2)15-13-10(12-14-15)9-5-4-6-18-9/h4-8H,1-3H3. The number of hydrogen-bond donors (Lipinski definition) is 0. The lowest BCUT2D eigenvalue weighted by Gasteiger charge is -2.15. The smallest absolute Gasteiger partial charge is 0.310 e. The van der Waals surface area contributed by atoms with Crippen molar-refractivity contribution < 1.29 is 13.9 Å². The Kier molecular flexibility index (Phi) is 3.40. The molecule has 0 amide bonds. The van der Waals surface area contributed by atoms with Crippen molar-refractivity contribution in [3.8, 4) is 11.6 Å². The van der Waals surface area contributed by atoms with Crippen LogP contribution in [0.5, 0.6) is 0 Å². The van der Waals surface area contributed by atoms with E-state index in [2.05, 4.69) is 20.1 Å². The molecule has 0 fully saturated rings. The van der Waals surface area contributed by atoms with Crippen LogP contribution in [-0.2, 0) is 9.53 Å². The summed E-state index contributed by atoms with van der Waals surface area (Å²) >= 11 is 0. The Balaban J connectivity index is 2.17. The molecule has 2 aromatic rings. The summed E-state index contributed by atoms with van der Waals surface area (Å²) in [5, 5.41) is 12.0. The number of rotatable bonds is 4. The van der Waals surface area contributed by atoms with E-state index in [-0.39, 0.29) is 17.9 Å². The summed E-state index contributed by atoms with van der Waals surface area (Å²) in [6.07, 6.45) is 1.54. The van der Waals surface area contributed by atoms with E-state index in [0.29, 0.717) is 11.6 Å². The van der Waals surface area contributed by atoms with E-state index < -0.39 is 0 Å². The zero-order chi connectivity index (χ0) is 13.1. The SMILES string of the molecule is COC(=O)C(C)C(C)n1nnc(-c2ccco2)n1. The van der Waals surface area contributed by atoms with E-state index in [1.165, 1.54) is 18.2 Å². The molecule has 96 valence electrons. The number of tetrazole rings is 1. The topological polar surface area (TPSA) is 83.0 Å². The Morgan fingerprint density at radius 2 is 2.28 bits per heavy atom. The zero-order valence-corrected chi connectivity index (χ0v) is 10.4. The Hall–Kier alpha value is -2.18. The average molecular weight is 250 g/mol. The second-order valence-electron chi connectivity index (χ2n) is 3.96. The van der Waals surface area contributed by atoms with E-state index in [1.54, 1.807) is 19.1 Å². The molecular weight excluding hydrogens is 236 g/mol. The predicted octanol–water partition coefficient (Wildman–Crippen LogP) is 1.30. The molecule has 2 heterocycles. The number of carbonyl (C=O) groups excluding carboxylic acids is 1. The lowest BCUT2D eigenvalue weighted by atomic mass is 10.1. The lowest BCUT2D eigenvalue weighted by Crippen LogP contribution is -2.24. The van der Waals surface area contributed by atoms with E-state index in [0.717, 1.165) is 0 Å². The van der Waals surface area contributed by atoms with Crippen LogP contribution in [0.3, 0.4) is 0 Å². The first-order valence-electron chi connectivity index (χ1n) is 5.54. The third-order valence-electron chi connectivity index (χ3n) is 2.83. The molecule has 2 atom stereocenters. The monoisotopic (exact) mass is 250 g/mol. The lowest BCUT2D eigenvalue weighted by molar-refractivity contribution is -0.146. The number of carbonyl (C=O) groups is 1. The third kappa shape index (κ3) is 2.24. The van der Waals surface area contributed by atoms with Gasteiger partial charge in [0.2, 0.25) is 5.82 Å². The largest absolute Gasteiger partial charge is 0.469 e. The summed E-state index contributed by atoms with van der Waals surface area (Å²) in [6.45, 7) is 3.58. The quantitative estimate of drug-likeness (QED) is 0.760. The van der Waals surface area contributed by atoms with E-state index in [1.807, 2.05) is 6.92 Å². The first kappa shape index (κ1) is 12.3. The van der Waals surface area contributed by atoms with Gasteiger partial charge in [-0.3, -0.25) is 4.79 Å². The Morgan fingerprint density at radius 3 is 2.89 bits per heavy atom. The molecule has 0 aliphatic heterocycles. The number of hydrogen-bond acceptors (Lipinski definition) is 6.